The summed E-state index contributed by atoms with van der Waals surface area (Å²) in [4.78, 5) is 26.4. The Morgan fingerprint density at radius 3 is 2.72 bits per heavy atom. The third-order valence-electron chi connectivity index (χ3n) is 4.19. The van der Waals surface area contributed by atoms with E-state index in [1.54, 1.807) is 42.5 Å². The third kappa shape index (κ3) is 3.98. The number of benzene rings is 1. The lowest BCUT2D eigenvalue weighted by atomic mass is 10.1. The molecule has 4 rings (SSSR count). The van der Waals surface area contributed by atoms with Crippen LogP contribution in [0.4, 0.5) is 0 Å². The van der Waals surface area contributed by atoms with Crippen LogP contribution in [-0.4, -0.2) is 21.8 Å². The molecule has 0 saturated carbocycles. The number of hydrogen-bond donors (Lipinski definition) is 1. The predicted octanol–water partition coefficient (Wildman–Crippen LogP) is 4.67. The fourth-order valence-electron chi connectivity index (χ4n) is 2.80. The molecule has 0 bridgehead atoms. The molecule has 3 heterocycles. The summed E-state index contributed by atoms with van der Waals surface area (Å²) in [5.74, 6) is 0.145. The highest BCUT2D eigenvalue weighted by Crippen LogP contribution is 2.32. The number of nitrogens with one attached hydrogen (secondary N) is 1. The first kappa shape index (κ1) is 19.4. The number of carbonyl (C=O) groups excluding carboxylic acids is 2. The molecule has 1 fully saturated rings. The summed E-state index contributed by atoms with van der Waals surface area (Å²) in [7, 11) is 0. The molecule has 0 spiro atoms. The number of amides is 2. The summed E-state index contributed by atoms with van der Waals surface area (Å²) < 4.78 is 11.0. The molecule has 1 N–H and O–H groups in total. The molecule has 29 heavy (non-hydrogen) atoms. The van der Waals surface area contributed by atoms with Gasteiger partial charge in [0, 0.05) is 10.6 Å². The normalized spacial score (nSPS) is 15.9. The van der Waals surface area contributed by atoms with E-state index in [1.165, 1.54) is 17.2 Å². The molecule has 1 aliphatic rings. The molecule has 0 radical (unpaired) electrons. The SMILES string of the molecule is O=C1NC(=S)N(Cc2ccco2)C(=O)C1=Cc1ccc(-c2cc(Cl)ccc2Cl)o1. The molecular weight excluding hydrogens is 435 g/mol. The van der Waals surface area contributed by atoms with Crippen LogP contribution < -0.4 is 5.32 Å². The Morgan fingerprint density at radius 2 is 1.97 bits per heavy atom. The largest absolute Gasteiger partial charge is 0.467 e. The van der Waals surface area contributed by atoms with Crippen LogP contribution in [0.25, 0.3) is 17.4 Å². The summed E-state index contributed by atoms with van der Waals surface area (Å²) in [6.45, 7) is 0.101. The van der Waals surface area contributed by atoms with Crippen LogP contribution in [0.3, 0.4) is 0 Å². The summed E-state index contributed by atoms with van der Waals surface area (Å²) >= 11 is 17.3. The fraction of sp³-hybridized carbons (Fsp3) is 0.0500. The zero-order chi connectivity index (χ0) is 20.5. The minimum absolute atomic E-state index is 0.0133. The van der Waals surface area contributed by atoms with Gasteiger partial charge >= 0.3 is 0 Å². The molecule has 6 nitrogen and oxygen atoms in total. The zero-order valence-electron chi connectivity index (χ0n) is 14.6. The first-order valence-electron chi connectivity index (χ1n) is 8.39. The third-order valence-corrected chi connectivity index (χ3v) is 5.07. The van der Waals surface area contributed by atoms with Gasteiger partial charge < -0.3 is 8.83 Å². The van der Waals surface area contributed by atoms with Crippen LogP contribution in [0.1, 0.15) is 11.5 Å². The molecule has 0 unspecified atom stereocenters. The molecule has 2 amide bonds. The number of nitrogens with zero attached hydrogens (tertiary/aromatic N) is 1. The zero-order valence-corrected chi connectivity index (χ0v) is 17.0. The van der Waals surface area contributed by atoms with Crippen molar-refractivity contribution in [1.82, 2.24) is 10.2 Å². The van der Waals surface area contributed by atoms with Crippen molar-refractivity contribution >= 4 is 58.4 Å². The van der Waals surface area contributed by atoms with E-state index in [4.69, 9.17) is 44.3 Å². The number of thiocarbonyl (C=S) groups is 1. The average Bonchev–Trinajstić information content (AvgIpc) is 3.36. The predicted molar refractivity (Wildman–Crippen MR) is 112 cm³/mol. The van der Waals surface area contributed by atoms with Crippen LogP contribution in [0.2, 0.25) is 10.0 Å². The smallest absolute Gasteiger partial charge is 0.266 e. The first-order valence-corrected chi connectivity index (χ1v) is 9.55. The van der Waals surface area contributed by atoms with Gasteiger partial charge in [-0.2, -0.15) is 0 Å². The number of halogens is 2. The van der Waals surface area contributed by atoms with E-state index < -0.39 is 11.8 Å². The summed E-state index contributed by atoms with van der Waals surface area (Å²) in [6.07, 6.45) is 2.85. The van der Waals surface area contributed by atoms with Gasteiger partial charge in [-0.15, -0.1) is 0 Å². The van der Waals surface area contributed by atoms with Crippen molar-refractivity contribution < 1.29 is 18.4 Å². The Morgan fingerprint density at radius 1 is 1.14 bits per heavy atom. The van der Waals surface area contributed by atoms with Crippen LogP contribution >= 0.6 is 35.4 Å². The maximum Gasteiger partial charge on any atom is 0.266 e. The van der Waals surface area contributed by atoms with Crippen molar-refractivity contribution in [2.45, 2.75) is 6.54 Å². The number of rotatable bonds is 4. The second-order valence-corrected chi connectivity index (χ2v) is 7.34. The standard InChI is InChI=1S/C20H12Cl2N2O4S/c21-11-3-5-16(22)14(8-11)17-6-4-12(28-17)9-15-18(25)23-20(29)24(19(15)26)10-13-2-1-7-27-13/h1-9H,10H2,(H,23,25,29). The molecule has 9 heteroatoms. The van der Waals surface area contributed by atoms with Crippen LogP contribution in [0.15, 0.2) is 63.1 Å². The fourth-order valence-corrected chi connectivity index (χ4v) is 3.42. The summed E-state index contributed by atoms with van der Waals surface area (Å²) in [6, 6.07) is 11.7. The van der Waals surface area contributed by atoms with Gasteiger partial charge in [-0.3, -0.25) is 19.8 Å². The second-order valence-electron chi connectivity index (χ2n) is 6.11. The van der Waals surface area contributed by atoms with Gasteiger partial charge in [-0.25, -0.2) is 0 Å². The van der Waals surface area contributed by atoms with E-state index in [-0.39, 0.29) is 17.2 Å². The molecule has 1 aliphatic heterocycles. The average molecular weight is 447 g/mol. The van der Waals surface area contributed by atoms with Gasteiger partial charge in [0.15, 0.2) is 5.11 Å². The van der Waals surface area contributed by atoms with Gasteiger partial charge in [0.05, 0.1) is 17.8 Å². The van der Waals surface area contributed by atoms with Gasteiger partial charge in [-0.1, -0.05) is 23.2 Å². The maximum atomic E-state index is 12.8. The van der Waals surface area contributed by atoms with Crippen molar-refractivity contribution in [3.05, 3.63) is 75.9 Å². The van der Waals surface area contributed by atoms with Crippen molar-refractivity contribution in [1.29, 1.82) is 0 Å². The monoisotopic (exact) mass is 446 g/mol. The van der Waals surface area contributed by atoms with Crippen molar-refractivity contribution in [2.75, 3.05) is 0 Å². The summed E-state index contributed by atoms with van der Waals surface area (Å²) in [5, 5.41) is 3.49. The lowest BCUT2D eigenvalue weighted by Crippen LogP contribution is -2.53. The molecule has 146 valence electrons. The molecule has 1 saturated heterocycles. The van der Waals surface area contributed by atoms with Crippen molar-refractivity contribution in [3.63, 3.8) is 0 Å². The van der Waals surface area contributed by atoms with E-state index >= 15 is 0 Å². The Balaban J connectivity index is 1.64. The van der Waals surface area contributed by atoms with Crippen LogP contribution in [0, 0.1) is 0 Å². The van der Waals surface area contributed by atoms with Gasteiger partial charge in [0.1, 0.15) is 22.9 Å². The van der Waals surface area contributed by atoms with Crippen molar-refractivity contribution in [2.24, 2.45) is 0 Å². The molecule has 0 atom stereocenters. The lowest BCUT2D eigenvalue weighted by Gasteiger charge is -2.27. The second kappa shape index (κ2) is 7.87. The number of furan rings is 2. The van der Waals surface area contributed by atoms with Crippen LogP contribution in [-0.2, 0) is 16.1 Å². The topological polar surface area (TPSA) is 75.7 Å². The van der Waals surface area contributed by atoms with Gasteiger partial charge in [0.2, 0.25) is 0 Å². The van der Waals surface area contributed by atoms with E-state index in [0.717, 1.165) is 0 Å². The Hall–Kier alpha value is -2.87. The molecule has 0 aliphatic carbocycles. The van der Waals surface area contributed by atoms with E-state index in [1.807, 2.05) is 0 Å². The molecular formula is C20H12Cl2N2O4S. The summed E-state index contributed by atoms with van der Waals surface area (Å²) in [5.41, 5.74) is 0.493. The molecule has 3 aromatic rings. The lowest BCUT2D eigenvalue weighted by molar-refractivity contribution is -0.129. The highest BCUT2D eigenvalue weighted by Gasteiger charge is 2.34. The number of carbonyl (C=O) groups is 2. The highest BCUT2D eigenvalue weighted by molar-refractivity contribution is 7.80. The van der Waals surface area contributed by atoms with E-state index in [0.29, 0.717) is 32.9 Å². The minimum atomic E-state index is -0.602. The van der Waals surface area contributed by atoms with Gasteiger partial charge in [0.25, 0.3) is 11.8 Å². The van der Waals surface area contributed by atoms with E-state index in [2.05, 4.69) is 5.32 Å². The molecule has 1 aromatic carbocycles. The quantitative estimate of drug-likeness (QED) is 0.357. The minimum Gasteiger partial charge on any atom is -0.467 e. The molecule has 2 aromatic heterocycles. The Labute approximate surface area is 180 Å². The highest BCUT2D eigenvalue weighted by atomic mass is 35.5. The maximum absolute atomic E-state index is 12.8. The van der Waals surface area contributed by atoms with Crippen LogP contribution in [0.5, 0.6) is 0 Å². The van der Waals surface area contributed by atoms with E-state index in [9.17, 15) is 9.59 Å². The Bertz CT molecular complexity index is 1150. The number of hydrogen-bond acceptors (Lipinski definition) is 5. The first-order chi connectivity index (χ1) is 13.9. The van der Waals surface area contributed by atoms with Gasteiger partial charge in [-0.05, 0) is 60.8 Å². The Kier molecular flexibility index (Phi) is 5.27. The van der Waals surface area contributed by atoms with Crippen molar-refractivity contribution in [3.8, 4) is 11.3 Å².